The fourth-order valence-corrected chi connectivity index (χ4v) is 3.45. The number of hydrogen-bond acceptors (Lipinski definition) is 4. The smallest absolute Gasteiger partial charge is 0.405 e. The van der Waals surface area contributed by atoms with Gasteiger partial charge in [0.25, 0.3) is 0 Å². The van der Waals surface area contributed by atoms with E-state index in [9.17, 15) is 9.18 Å². The molecule has 3 N–H and O–H groups in total. The highest BCUT2D eigenvalue weighted by Gasteiger charge is 2.31. The van der Waals surface area contributed by atoms with Crippen LogP contribution in [0.3, 0.4) is 0 Å². The minimum Gasteiger partial charge on any atom is -0.486 e. The van der Waals surface area contributed by atoms with E-state index in [1.165, 1.54) is 6.07 Å². The molecule has 0 saturated heterocycles. The zero-order valence-corrected chi connectivity index (χ0v) is 16.2. The van der Waals surface area contributed by atoms with Gasteiger partial charge in [0.15, 0.2) is 11.6 Å². The summed E-state index contributed by atoms with van der Waals surface area (Å²) in [5, 5.41) is 0. The fourth-order valence-electron chi connectivity index (χ4n) is 3.45. The number of carbonyl (C=O) groups is 1. The molecule has 0 spiro atoms. The maximum Gasteiger partial charge on any atom is 0.405 e. The van der Waals surface area contributed by atoms with Crippen molar-refractivity contribution in [3.63, 3.8) is 0 Å². The van der Waals surface area contributed by atoms with Crippen molar-refractivity contribution in [1.82, 2.24) is 9.97 Å². The van der Waals surface area contributed by atoms with E-state index < -0.39 is 17.5 Å². The van der Waals surface area contributed by atoms with Gasteiger partial charge in [-0.2, -0.15) is 0 Å². The standard InChI is InChI=1S/C21H24FN3O3/c1-13(2)11-21(3,28-20(23)26)12-27-18-5-4-14(10-16(18)22)15-6-8-24-17-7-9-25-19(15)17/h4-10,13,25H,11-12H2,1-3H3,(H2,23,26). The second-order valence-electron chi connectivity index (χ2n) is 7.50. The molecule has 28 heavy (non-hydrogen) atoms. The molecular formula is C21H24FN3O3. The largest absolute Gasteiger partial charge is 0.486 e. The van der Waals surface area contributed by atoms with Crippen LogP contribution in [0.2, 0.25) is 0 Å². The van der Waals surface area contributed by atoms with E-state index in [1.54, 1.807) is 31.5 Å². The van der Waals surface area contributed by atoms with Crippen LogP contribution in [0.4, 0.5) is 9.18 Å². The van der Waals surface area contributed by atoms with Gasteiger partial charge >= 0.3 is 6.09 Å². The lowest BCUT2D eigenvalue weighted by molar-refractivity contribution is -0.0193. The Hall–Kier alpha value is -3.09. The Kier molecular flexibility index (Phi) is 5.53. The van der Waals surface area contributed by atoms with Crippen LogP contribution in [-0.2, 0) is 4.74 Å². The number of nitrogens with two attached hydrogens (primary N) is 1. The summed E-state index contributed by atoms with van der Waals surface area (Å²) in [6.45, 7) is 5.71. The highest BCUT2D eigenvalue weighted by molar-refractivity contribution is 5.91. The van der Waals surface area contributed by atoms with E-state index >= 15 is 0 Å². The summed E-state index contributed by atoms with van der Waals surface area (Å²) < 4.78 is 25.5. The van der Waals surface area contributed by atoms with E-state index in [1.807, 2.05) is 26.0 Å². The molecule has 1 aromatic carbocycles. The maximum atomic E-state index is 14.7. The lowest BCUT2D eigenvalue weighted by Crippen LogP contribution is -2.41. The summed E-state index contributed by atoms with van der Waals surface area (Å²) in [6, 6.07) is 8.46. The zero-order valence-electron chi connectivity index (χ0n) is 16.2. The lowest BCUT2D eigenvalue weighted by atomic mass is 9.95. The molecule has 0 fully saturated rings. The molecule has 0 bridgehead atoms. The highest BCUT2D eigenvalue weighted by Crippen LogP contribution is 2.31. The number of ether oxygens (including phenoxy) is 2. The third-order valence-electron chi connectivity index (χ3n) is 4.41. The molecule has 0 aliphatic heterocycles. The van der Waals surface area contributed by atoms with E-state index in [0.29, 0.717) is 12.0 Å². The molecule has 7 heteroatoms. The van der Waals surface area contributed by atoms with Crippen LogP contribution in [0, 0.1) is 11.7 Å². The molecule has 6 nitrogen and oxygen atoms in total. The van der Waals surface area contributed by atoms with Crippen molar-refractivity contribution in [3.05, 3.63) is 48.5 Å². The van der Waals surface area contributed by atoms with Crippen LogP contribution < -0.4 is 10.5 Å². The highest BCUT2D eigenvalue weighted by atomic mass is 19.1. The van der Waals surface area contributed by atoms with Crippen LogP contribution in [0.1, 0.15) is 27.2 Å². The molecule has 3 aromatic rings. The minimum atomic E-state index is -0.938. The first-order valence-corrected chi connectivity index (χ1v) is 9.11. The van der Waals surface area contributed by atoms with E-state index in [2.05, 4.69) is 9.97 Å². The number of aromatic nitrogens is 2. The van der Waals surface area contributed by atoms with Crippen molar-refractivity contribution in [2.45, 2.75) is 32.8 Å². The molecule has 148 valence electrons. The molecule has 1 unspecified atom stereocenters. The Morgan fingerprint density at radius 3 is 2.79 bits per heavy atom. The van der Waals surface area contributed by atoms with Crippen LogP contribution in [0.25, 0.3) is 22.2 Å². The quantitative estimate of drug-likeness (QED) is 0.619. The average molecular weight is 385 g/mol. The molecule has 3 rings (SSSR count). The number of fused-ring (bicyclic) bond motifs is 1. The minimum absolute atomic E-state index is 0.000513. The molecule has 0 aliphatic carbocycles. The molecule has 1 atom stereocenters. The van der Waals surface area contributed by atoms with Crippen molar-refractivity contribution >= 4 is 17.1 Å². The Bertz CT molecular complexity index is 986. The summed E-state index contributed by atoms with van der Waals surface area (Å²) >= 11 is 0. The topological polar surface area (TPSA) is 90.2 Å². The molecule has 0 aliphatic rings. The lowest BCUT2D eigenvalue weighted by Gasteiger charge is -2.30. The van der Waals surface area contributed by atoms with Crippen molar-refractivity contribution in [3.8, 4) is 16.9 Å². The first-order chi connectivity index (χ1) is 13.3. The van der Waals surface area contributed by atoms with Gasteiger partial charge in [0.1, 0.15) is 12.2 Å². The van der Waals surface area contributed by atoms with Gasteiger partial charge in [0.05, 0.1) is 11.0 Å². The monoisotopic (exact) mass is 385 g/mol. The van der Waals surface area contributed by atoms with Crippen LogP contribution in [0.5, 0.6) is 5.75 Å². The van der Waals surface area contributed by atoms with E-state index in [4.69, 9.17) is 15.2 Å². The zero-order chi connectivity index (χ0) is 20.3. The van der Waals surface area contributed by atoms with Gasteiger partial charge in [-0.15, -0.1) is 0 Å². The van der Waals surface area contributed by atoms with Crippen molar-refractivity contribution < 1.29 is 18.7 Å². The predicted octanol–water partition coefficient (Wildman–Crippen LogP) is 4.65. The van der Waals surface area contributed by atoms with Crippen molar-refractivity contribution in [1.29, 1.82) is 0 Å². The number of halogens is 1. The summed E-state index contributed by atoms with van der Waals surface area (Å²) in [6.07, 6.45) is 3.14. The molecular weight excluding hydrogens is 361 g/mol. The summed E-state index contributed by atoms with van der Waals surface area (Å²) in [7, 11) is 0. The van der Waals surface area contributed by atoms with Crippen molar-refractivity contribution in [2.75, 3.05) is 6.61 Å². The number of H-pyrrole nitrogens is 1. The Morgan fingerprint density at radius 1 is 1.32 bits per heavy atom. The number of amides is 1. The fraction of sp³-hybridized carbons (Fsp3) is 0.333. The van der Waals surface area contributed by atoms with Gasteiger partial charge in [-0.25, -0.2) is 9.18 Å². The number of aromatic amines is 1. The molecule has 2 heterocycles. The van der Waals surface area contributed by atoms with Gasteiger partial charge in [-0.05, 0) is 49.1 Å². The number of pyridine rings is 1. The first kappa shape index (κ1) is 19.7. The first-order valence-electron chi connectivity index (χ1n) is 9.11. The van der Waals surface area contributed by atoms with Crippen LogP contribution in [0.15, 0.2) is 42.7 Å². The third kappa shape index (κ3) is 4.42. The summed E-state index contributed by atoms with van der Waals surface area (Å²) in [5.41, 5.74) is 7.45. The molecule has 0 radical (unpaired) electrons. The predicted molar refractivity (Wildman–Crippen MR) is 106 cm³/mol. The maximum absolute atomic E-state index is 14.7. The SMILES string of the molecule is CC(C)CC(C)(COc1ccc(-c2ccnc3cc[nH]c23)cc1F)OC(N)=O. The third-order valence-corrected chi connectivity index (χ3v) is 4.41. The second kappa shape index (κ2) is 7.88. The normalized spacial score (nSPS) is 13.5. The van der Waals surface area contributed by atoms with Crippen LogP contribution >= 0.6 is 0 Å². The van der Waals surface area contributed by atoms with Gasteiger partial charge < -0.3 is 20.2 Å². The van der Waals surface area contributed by atoms with E-state index in [-0.39, 0.29) is 18.3 Å². The van der Waals surface area contributed by atoms with Crippen LogP contribution in [-0.4, -0.2) is 28.3 Å². The van der Waals surface area contributed by atoms with E-state index in [0.717, 1.165) is 16.6 Å². The van der Waals surface area contributed by atoms with Gasteiger partial charge in [0, 0.05) is 18.0 Å². The number of primary amides is 1. The Morgan fingerprint density at radius 2 is 2.11 bits per heavy atom. The number of carbonyl (C=O) groups excluding carboxylic acids is 1. The number of nitrogens with one attached hydrogen (secondary N) is 1. The average Bonchev–Trinajstić information content (AvgIpc) is 3.08. The van der Waals surface area contributed by atoms with Gasteiger partial charge in [-0.1, -0.05) is 19.9 Å². The number of benzene rings is 1. The molecule has 1 amide bonds. The Balaban J connectivity index is 1.81. The van der Waals surface area contributed by atoms with Gasteiger partial charge in [-0.3, -0.25) is 4.98 Å². The van der Waals surface area contributed by atoms with Crippen molar-refractivity contribution in [2.24, 2.45) is 11.7 Å². The number of rotatable bonds is 7. The number of nitrogens with zero attached hydrogens (tertiary/aromatic N) is 1. The van der Waals surface area contributed by atoms with Gasteiger partial charge in [0.2, 0.25) is 0 Å². The molecule has 2 aromatic heterocycles. The number of hydrogen-bond donors (Lipinski definition) is 2. The summed E-state index contributed by atoms with van der Waals surface area (Å²) in [5.74, 6) is -0.168. The molecule has 0 saturated carbocycles. The Labute approximate surface area is 162 Å². The second-order valence-corrected chi connectivity index (χ2v) is 7.50. The summed E-state index contributed by atoms with van der Waals surface area (Å²) in [4.78, 5) is 18.6.